The van der Waals surface area contributed by atoms with Gasteiger partial charge >= 0.3 is 5.63 Å². The summed E-state index contributed by atoms with van der Waals surface area (Å²) in [6.45, 7) is 0. The Balaban J connectivity index is 2.00. The number of aromatic nitrogens is 3. The van der Waals surface area contributed by atoms with E-state index in [4.69, 9.17) is 16.0 Å². The van der Waals surface area contributed by atoms with E-state index in [-0.39, 0.29) is 5.89 Å². The largest absolute Gasteiger partial charge is 0.403 e. The minimum Gasteiger partial charge on any atom is -0.403 e. The van der Waals surface area contributed by atoms with Crippen LogP contribution in [-0.4, -0.2) is 14.8 Å². The van der Waals surface area contributed by atoms with Crippen molar-refractivity contribution in [2.24, 2.45) is 0 Å². The zero-order valence-electron chi connectivity index (χ0n) is 11.8. The molecule has 0 radical (unpaired) electrons. The molecule has 0 bridgehead atoms. The minimum absolute atomic E-state index is 0.172. The summed E-state index contributed by atoms with van der Waals surface area (Å²) in [6, 6.07) is 16.5. The number of hydrogen-bond donors (Lipinski definition) is 0. The fraction of sp³-hybridized carbons (Fsp3) is 0. The highest BCUT2D eigenvalue weighted by molar-refractivity contribution is 6.33. The first-order chi connectivity index (χ1) is 11.2. The van der Waals surface area contributed by atoms with Gasteiger partial charge in [-0.25, -0.2) is 9.48 Å². The summed E-state index contributed by atoms with van der Waals surface area (Å²) in [4.78, 5) is 16.7. The highest BCUT2D eigenvalue weighted by Gasteiger charge is 2.15. The van der Waals surface area contributed by atoms with Crippen LogP contribution in [0.1, 0.15) is 0 Å². The Kier molecular flexibility index (Phi) is 3.20. The van der Waals surface area contributed by atoms with Crippen molar-refractivity contribution in [3.8, 4) is 17.1 Å². The van der Waals surface area contributed by atoms with Gasteiger partial charge in [0.1, 0.15) is 5.39 Å². The highest BCUT2D eigenvalue weighted by Crippen LogP contribution is 2.26. The number of para-hydroxylation sites is 1. The SMILES string of the molecule is O=c1oc(-c2ccccc2Cl)nc2c1cnn2-c1ccccc1. The van der Waals surface area contributed by atoms with Crippen molar-refractivity contribution in [1.82, 2.24) is 14.8 Å². The van der Waals surface area contributed by atoms with Crippen LogP contribution < -0.4 is 5.63 Å². The van der Waals surface area contributed by atoms with Crippen molar-refractivity contribution in [3.05, 3.63) is 76.2 Å². The zero-order valence-corrected chi connectivity index (χ0v) is 12.6. The number of rotatable bonds is 2. The van der Waals surface area contributed by atoms with E-state index in [1.54, 1.807) is 22.9 Å². The monoisotopic (exact) mass is 323 g/mol. The summed E-state index contributed by atoms with van der Waals surface area (Å²) >= 11 is 6.17. The molecule has 0 saturated heterocycles. The van der Waals surface area contributed by atoms with Gasteiger partial charge in [-0.15, -0.1) is 0 Å². The van der Waals surface area contributed by atoms with Gasteiger partial charge in [-0.05, 0) is 24.3 Å². The van der Waals surface area contributed by atoms with Gasteiger partial charge in [0.2, 0.25) is 5.89 Å². The standard InChI is InChI=1S/C17H10ClN3O2/c18-14-9-5-4-8-12(14)16-20-15-13(17(22)23-16)10-19-21(15)11-6-2-1-3-7-11/h1-10H. The molecule has 2 aromatic heterocycles. The quantitative estimate of drug-likeness (QED) is 0.564. The molecule has 0 aliphatic rings. The van der Waals surface area contributed by atoms with Crippen molar-refractivity contribution < 1.29 is 4.42 Å². The van der Waals surface area contributed by atoms with Gasteiger partial charge < -0.3 is 4.42 Å². The van der Waals surface area contributed by atoms with E-state index in [9.17, 15) is 4.79 Å². The van der Waals surface area contributed by atoms with Gasteiger partial charge in [0.05, 0.1) is 22.5 Å². The molecule has 0 spiro atoms. The topological polar surface area (TPSA) is 60.9 Å². The van der Waals surface area contributed by atoms with Gasteiger partial charge in [0.15, 0.2) is 5.65 Å². The highest BCUT2D eigenvalue weighted by atomic mass is 35.5. The second kappa shape index (κ2) is 5.37. The molecule has 0 aliphatic carbocycles. The average molecular weight is 324 g/mol. The summed E-state index contributed by atoms with van der Waals surface area (Å²) in [5.74, 6) is 0.172. The smallest absolute Gasteiger partial charge is 0.350 e. The van der Waals surface area contributed by atoms with Crippen LogP contribution >= 0.6 is 11.6 Å². The van der Waals surface area contributed by atoms with Gasteiger partial charge in [0, 0.05) is 0 Å². The van der Waals surface area contributed by atoms with Gasteiger partial charge in [0.25, 0.3) is 0 Å². The van der Waals surface area contributed by atoms with E-state index in [2.05, 4.69) is 10.1 Å². The number of hydrogen-bond acceptors (Lipinski definition) is 4. The molecule has 4 rings (SSSR count). The van der Waals surface area contributed by atoms with Crippen LogP contribution in [-0.2, 0) is 0 Å². The summed E-state index contributed by atoms with van der Waals surface area (Å²) in [7, 11) is 0. The van der Waals surface area contributed by atoms with Crippen LogP contribution in [0.25, 0.3) is 28.2 Å². The van der Waals surface area contributed by atoms with E-state index >= 15 is 0 Å². The van der Waals surface area contributed by atoms with E-state index in [1.165, 1.54) is 6.20 Å². The second-order valence-electron chi connectivity index (χ2n) is 4.92. The Morgan fingerprint density at radius 2 is 1.74 bits per heavy atom. The number of benzene rings is 2. The van der Waals surface area contributed by atoms with Crippen LogP contribution in [0.4, 0.5) is 0 Å². The molecule has 0 atom stereocenters. The van der Waals surface area contributed by atoms with Crippen molar-refractivity contribution in [2.45, 2.75) is 0 Å². The summed E-state index contributed by atoms with van der Waals surface area (Å²) in [5, 5.41) is 5.03. The Morgan fingerprint density at radius 1 is 1.00 bits per heavy atom. The lowest BCUT2D eigenvalue weighted by atomic mass is 10.2. The molecule has 23 heavy (non-hydrogen) atoms. The molecule has 0 N–H and O–H groups in total. The van der Waals surface area contributed by atoms with Crippen molar-refractivity contribution in [1.29, 1.82) is 0 Å². The van der Waals surface area contributed by atoms with E-state index in [1.807, 2.05) is 36.4 Å². The lowest BCUT2D eigenvalue weighted by Gasteiger charge is -2.04. The molecular weight excluding hydrogens is 314 g/mol. The van der Waals surface area contributed by atoms with Crippen LogP contribution in [0, 0.1) is 0 Å². The molecule has 0 saturated carbocycles. The number of fused-ring (bicyclic) bond motifs is 1. The van der Waals surface area contributed by atoms with Gasteiger partial charge in [-0.2, -0.15) is 10.1 Å². The molecule has 4 aromatic rings. The molecule has 0 unspecified atom stereocenters. The molecule has 0 amide bonds. The normalized spacial score (nSPS) is 11.0. The summed E-state index contributed by atoms with van der Waals surface area (Å²) in [5.41, 5.74) is 1.31. The lowest BCUT2D eigenvalue weighted by Crippen LogP contribution is -2.04. The van der Waals surface area contributed by atoms with Crippen LogP contribution in [0.15, 0.2) is 70.0 Å². The first kappa shape index (κ1) is 13.7. The Labute approximate surface area is 135 Å². The molecule has 0 aliphatic heterocycles. The Bertz CT molecular complexity index is 1050. The molecule has 6 heteroatoms. The molecule has 112 valence electrons. The summed E-state index contributed by atoms with van der Waals surface area (Å²) in [6.07, 6.45) is 1.46. The maximum atomic E-state index is 12.2. The van der Waals surface area contributed by atoms with Crippen molar-refractivity contribution in [3.63, 3.8) is 0 Å². The fourth-order valence-corrected chi connectivity index (χ4v) is 2.58. The first-order valence-corrected chi connectivity index (χ1v) is 7.31. The average Bonchev–Trinajstić information content (AvgIpc) is 3.00. The fourth-order valence-electron chi connectivity index (χ4n) is 2.36. The van der Waals surface area contributed by atoms with Crippen molar-refractivity contribution >= 4 is 22.6 Å². The second-order valence-corrected chi connectivity index (χ2v) is 5.32. The Morgan fingerprint density at radius 3 is 2.52 bits per heavy atom. The van der Waals surface area contributed by atoms with Gasteiger partial charge in [-0.1, -0.05) is 41.9 Å². The molecule has 0 fully saturated rings. The van der Waals surface area contributed by atoms with Crippen molar-refractivity contribution in [2.75, 3.05) is 0 Å². The molecule has 2 heterocycles. The minimum atomic E-state index is -0.493. The van der Waals surface area contributed by atoms with Crippen LogP contribution in [0.3, 0.4) is 0 Å². The molecule has 5 nitrogen and oxygen atoms in total. The van der Waals surface area contributed by atoms with Crippen LogP contribution in [0.5, 0.6) is 0 Å². The third-order valence-corrected chi connectivity index (χ3v) is 3.80. The lowest BCUT2D eigenvalue weighted by molar-refractivity contribution is 0.517. The first-order valence-electron chi connectivity index (χ1n) is 6.93. The van der Waals surface area contributed by atoms with E-state index < -0.39 is 5.63 Å². The molecular formula is C17H10ClN3O2. The number of halogens is 1. The molecule has 2 aromatic carbocycles. The maximum absolute atomic E-state index is 12.2. The Hall–Kier alpha value is -2.92. The maximum Gasteiger partial charge on any atom is 0.350 e. The van der Waals surface area contributed by atoms with E-state index in [0.29, 0.717) is 21.6 Å². The van der Waals surface area contributed by atoms with Crippen LogP contribution in [0.2, 0.25) is 5.02 Å². The summed E-state index contributed by atoms with van der Waals surface area (Å²) < 4.78 is 6.91. The third kappa shape index (κ3) is 2.31. The number of nitrogens with zero attached hydrogens (tertiary/aromatic N) is 3. The van der Waals surface area contributed by atoms with Gasteiger partial charge in [-0.3, -0.25) is 0 Å². The zero-order chi connectivity index (χ0) is 15.8. The third-order valence-electron chi connectivity index (χ3n) is 3.47. The predicted molar refractivity (Wildman–Crippen MR) is 87.8 cm³/mol. The predicted octanol–water partition coefficient (Wildman–Crippen LogP) is 3.69. The van der Waals surface area contributed by atoms with E-state index in [0.717, 1.165) is 5.69 Å².